The van der Waals surface area contributed by atoms with Gasteiger partial charge in [0.1, 0.15) is 17.1 Å². The topological polar surface area (TPSA) is 87.7 Å². The van der Waals surface area contributed by atoms with Crippen molar-refractivity contribution in [2.75, 3.05) is 7.11 Å². The van der Waals surface area contributed by atoms with E-state index in [0.29, 0.717) is 16.3 Å². The second-order valence-electron chi connectivity index (χ2n) is 6.34. The first-order chi connectivity index (χ1) is 13.3. The molecule has 0 radical (unpaired) electrons. The lowest BCUT2D eigenvalue weighted by atomic mass is 9.92. The summed E-state index contributed by atoms with van der Waals surface area (Å²) in [5, 5.41) is 3.21. The molecule has 2 N–H and O–H groups in total. The number of urea groups is 1. The third-order valence-electron chi connectivity index (χ3n) is 4.47. The van der Waals surface area contributed by atoms with Gasteiger partial charge in [-0.1, -0.05) is 29.8 Å². The highest BCUT2D eigenvalue weighted by atomic mass is 35.5. The van der Waals surface area contributed by atoms with Crippen molar-refractivity contribution in [3.05, 3.63) is 64.4 Å². The molecule has 4 amide bonds. The molecule has 1 atom stereocenters. The van der Waals surface area contributed by atoms with Crippen LogP contribution in [-0.4, -0.2) is 30.0 Å². The van der Waals surface area contributed by atoms with Crippen LogP contribution in [0.15, 0.2) is 42.5 Å². The highest BCUT2D eigenvalue weighted by Crippen LogP contribution is 2.30. The molecule has 0 unspecified atom stereocenters. The number of benzene rings is 2. The fourth-order valence-electron chi connectivity index (χ4n) is 2.90. The monoisotopic (exact) mass is 405 g/mol. The Balaban J connectivity index is 1.79. The Hall–Kier alpha value is -3.13. The van der Waals surface area contributed by atoms with E-state index in [1.54, 1.807) is 24.3 Å². The summed E-state index contributed by atoms with van der Waals surface area (Å²) in [6.07, 6.45) is -0.432. The quantitative estimate of drug-likeness (QED) is 0.748. The average Bonchev–Trinajstić information content (AvgIpc) is 2.89. The minimum atomic E-state index is -1.39. The number of rotatable bonds is 5. The molecule has 0 bridgehead atoms. The largest absolute Gasteiger partial charge is 0.497 e. The normalized spacial score (nSPS) is 18.8. The van der Waals surface area contributed by atoms with Crippen LogP contribution in [-0.2, 0) is 21.5 Å². The molecule has 0 spiro atoms. The van der Waals surface area contributed by atoms with Gasteiger partial charge in [0.25, 0.3) is 5.91 Å². The van der Waals surface area contributed by atoms with Crippen LogP contribution in [0.2, 0.25) is 5.02 Å². The van der Waals surface area contributed by atoms with Gasteiger partial charge in [-0.15, -0.1) is 0 Å². The van der Waals surface area contributed by atoms with E-state index in [-0.39, 0.29) is 10.6 Å². The van der Waals surface area contributed by atoms with Gasteiger partial charge in [-0.05, 0) is 36.8 Å². The molecule has 2 aromatic rings. The summed E-state index contributed by atoms with van der Waals surface area (Å²) in [5.41, 5.74) is 1.28. The highest BCUT2D eigenvalue weighted by Gasteiger charge is 2.50. The lowest BCUT2D eigenvalue weighted by Gasteiger charge is -2.22. The number of amides is 4. The van der Waals surface area contributed by atoms with Crippen molar-refractivity contribution in [2.24, 2.45) is 0 Å². The number of nitrogens with one attached hydrogen (secondary N) is 2. The van der Waals surface area contributed by atoms with Gasteiger partial charge in [0, 0.05) is 10.6 Å². The first-order valence-corrected chi connectivity index (χ1v) is 8.67. The molecule has 1 fully saturated rings. The summed E-state index contributed by atoms with van der Waals surface area (Å²) in [5.74, 6) is -1.58. The zero-order valence-corrected chi connectivity index (χ0v) is 15.8. The van der Waals surface area contributed by atoms with Gasteiger partial charge in [-0.25, -0.2) is 9.18 Å². The second-order valence-corrected chi connectivity index (χ2v) is 6.75. The molecule has 1 aliphatic heterocycles. The predicted molar refractivity (Wildman–Crippen MR) is 99.0 cm³/mol. The zero-order valence-electron chi connectivity index (χ0n) is 15.1. The van der Waals surface area contributed by atoms with Crippen LogP contribution in [0.3, 0.4) is 0 Å². The number of carbonyl (C=O) groups excluding carboxylic acids is 3. The molecule has 2 aromatic carbocycles. The van der Waals surface area contributed by atoms with E-state index in [2.05, 4.69) is 10.7 Å². The van der Waals surface area contributed by atoms with Crippen molar-refractivity contribution in [3.8, 4) is 5.75 Å². The molecule has 1 heterocycles. The first-order valence-electron chi connectivity index (χ1n) is 8.30. The van der Waals surface area contributed by atoms with Gasteiger partial charge in [-0.3, -0.25) is 15.0 Å². The number of halogens is 2. The van der Waals surface area contributed by atoms with Gasteiger partial charge in [0.2, 0.25) is 5.91 Å². The Bertz CT molecular complexity index is 948. The second kappa shape index (κ2) is 7.47. The number of carbonyl (C=O) groups is 3. The fraction of sp³-hybridized carbons (Fsp3) is 0.211. The molecule has 28 heavy (non-hydrogen) atoms. The molecule has 1 aliphatic rings. The highest BCUT2D eigenvalue weighted by molar-refractivity contribution is 6.31. The maximum Gasteiger partial charge on any atom is 0.344 e. The predicted octanol–water partition coefficient (Wildman–Crippen LogP) is 2.53. The fourth-order valence-corrected chi connectivity index (χ4v) is 3.13. The third kappa shape index (κ3) is 3.50. The molecule has 0 saturated carbocycles. The van der Waals surface area contributed by atoms with E-state index in [9.17, 15) is 18.8 Å². The smallest absolute Gasteiger partial charge is 0.344 e. The summed E-state index contributed by atoms with van der Waals surface area (Å²) in [6, 6.07) is 9.88. The lowest BCUT2D eigenvalue weighted by molar-refractivity contribution is -0.138. The molecule has 3 rings (SSSR count). The summed E-state index contributed by atoms with van der Waals surface area (Å²) in [6.45, 7) is 1.52. The Morgan fingerprint density at radius 3 is 2.68 bits per heavy atom. The van der Waals surface area contributed by atoms with Crippen molar-refractivity contribution in [2.45, 2.75) is 18.9 Å². The van der Waals surface area contributed by atoms with E-state index in [4.69, 9.17) is 16.3 Å². The molecule has 0 aromatic heterocycles. The summed E-state index contributed by atoms with van der Waals surface area (Å²) < 4.78 is 19.0. The van der Waals surface area contributed by atoms with Crippen LogP contribution < -0.4 is 15.5 Å². The average molecular weight is 406 g/mol. The van der Waals surface area contributed by atoms with E-state index in [1.165, 1.54) is 32.2 Å². The van der Waals surface area contributed by atoms with Crippen molar-refractivity contribution >= 4 is 29.4 Å². The molecular weight excluding hydrogens is 389 g/mol. The molecule has 7 nitrogen and oxygen atoms in total. The number of imide groups is 1. The summed E-state index contributed by atoms with van der Waals surface area (Å²) in [7, 11) is 1.48. The van der Waals surface area contributed by atoms with Crippen molar-refractivity contribution < 1.29 is 23.5 Å². The van der Waals surface area contributed by atoms with Gasteiger partial charge in [-0.2, -0.15) is 5.01 Å². The number of hydrogen-bond donors (Lipinski definition) is 2. The van der Waals surface area contributed by atoms with Crippen molar-refractivity contribution in [1.29, 1.82) is 0 Å². The Kier molecular flexibility index (Phi) is 5.24. The minimum absolute atomic E-state index is 0.0238. The van der Waals surface area contributed by atoms with Gasteiger partial charge < -0.3 is 10.1 Å². The molecule has 1 saturated heterocycles. The van der Waals surface area contributed by atoms with E-state index < -0.39 is 35.6 Å². The number of hydrogen-bond acceptors (Lipinski definition) is 4. The summed E-state index contributed by atoms with van der Waals surface area (Å²) in [4.78, 5) is 37.4. The van der Waals surface area contributed by atoms with E-state index in [0.717, 1.165) is 0 Å². The number of hydrazine groups is 1. The Morgan fingerprint density at radius 2 is 2.00 bits per heavy atom. The first kappa shape index (κ1) is 19.6. The van der Waals surface area contributed by atoms with Crippen LogP contribution in [0, 0.1) is 5.82 Å². The number of nitrogens with zero attached hydrogens (tertiary/aromatic N) is 1. The van der Waals surface area contributed by atoms with Gasteiger partial charge >= 0.3 is 6.03 Å². The third-order valence-corrected chi connectivity index (χ3v) is 4.83. The maximum atomic E-state index is 13.9. The van der Waals surface area contributed by atoms with Crippen molar-refractivity contribution in [1.82, 2.24) is 15.8 Å². The van der Waals surface area contributed by atoms with Gasteiger partial charge in [0.15, 0.2) is 0 Å². The molecule has 9 heteroatoms. The van der Waals surface area contributed by atoms with Gasteiger partial charge in [0.05, 0.1) is 13.5 Å². The van der Waals surface area contributed by atoms with E-state index >= 15 is 0 Å². The standard InChI is InChI=1S/C19H17ClFN3O4/c1-19(11-5-3-6-12(9-11)28-2)17(26)24(18(27)22-19)23-16(25)10-13-14(20)7-4-8-15(13)21/h3-9H,10H2,1-2H3,(H,22,27)(H,23,25)/t19-/m1/s1. The summed E-state index contributed by atoms with van der Waals surface area (Å²) >= 11 is 5.91. The number of methoxy groups -OCH3 is 1. The molecular formula is C19H17ClFN3O4. The SMILES string of the molecule is COc1cccc([C@@]2(C)NC(=O)N(NC(=O)Cc3c(F)cccc3Cl)C2=O)c1. The van der Waals surface area contributed by atoms with E-state index in [1.807, 2.05) is 0 Å². The van der Waals surface area contributed by atoms with Crippen LogP contribution in [0.1, 0.15) is 18.1 Å². The Labute approximate surface area is 165 Å². The van der Waals surface area contributed by atoms with Crippen LogP contribution in [0.25, 0.3) is 0 Å². The number of ether oxygens (including phenoxy) is 1. The van der Waals surface area contributed by atoms with Crippen LogP contribution >= 0.6 is 11.6 Å². The lowest BCUT2D eigenvalue weighted by Crippen LogP contribution is -2.48. The van der Waals surface area contributed by atoms with Crippen LogP contribution in [0.5, 0.6) is 5.75 Å². The van der Waals surface area contributed by atoms with Crippen molar-refractivity contribution in [3.63, 3.8) is 0 Å². The maximum absolute atomic E-state index is 13.9. The molecule has 0 aliphatic carbocycles. The Morgan fingerprint density at radius 1 is 1.29 bits per heavy atom. The van der Waals surface area contributed by atoms with Crippen LogP contribution in [0.4, 0.5) is 9.18 Å². The zero-order chi connectivity index (χ0) is 20.5. The minimum Gasteiger partial charge on any atom is -0.497 e. The molecule has 146 valence electrons.